The van der Waals surface area contributed by atoms with E-state index in [1.165, 1.54) is 16.7 Å². The highest BCUT2D eigenvalue weighted by molar-refractivity contribution is 5.74. The van der Waals surface area contributed by atoms with Gasteiger partial charge in [0.15, 0.2) is 5.82 Å². The van der Waals surface area contributed by atoms with Gasteiger partial charge in [-0.15, -0.1) is 0 Å². The van der Waals surface area contributed by atoms with E-state index in [0.29, 0.717) is 32.2 Å². The maximum absolute atomic E-state index is 11.7. The normalized spacial score (nSPS) is 16.0. The lowest BCUT2D eigenvalue weighted by Crippen LogP contribution is -2.53. The van der Waals surface area contributed by atoms with Crippen LogP contribution in [-0.4, -0.2) is 51.6 Å². The Labute approximate surface area is 232 Å². The van der Waals surface area contributed by atoms with Gasteiger partial charge in [-0.3, -0.25) is 9.69 Å². The summed E-state index contributed by atoms with van der Waals surface area (Å²) in [5.74, 6) is 1.19. The summed E-state index contributed by atoms with van der Waals surface area (Å²) in [4.78, 5) is 24.0. The molecule has 208 valence electrons. The van der Waals surface area contributed by atoms with Gasteiger partial charge >= 0.3 is 5.97 Å². The summed E-state index contributed by atoms with van der Waals surface area (Å²) in [5.41, 5.74) is 8.67. The van der Waals surface area contributed by atoms with E-state index in [9.17, 15) is 9.90 Å². The Morgan fingerprint density at radius 2 is 1.85 bits per heavy atom. The predicted octanol–water partition coefficient (Wildman–Crippen LogP) is 5.45. The van der Waals surface area contributed by atoms with Crippen LogP contribution >= 0.6 is 0 Å². The van der Waals surface area contributed by atoms with E-state index in [-0.39, 0.29) is 0 Å². The lowest BCUT2D eigenvalue weighted by atomic mass is 9.96. The lowest BCUT2D eigenvalue weighted by molar-refractivity contribution is -0.140. The Morgan fingerprint density at radius 3 is 2.49 bits per heavy atom. The van der Waals surface area contributed by atoms with Gasteiger partial charge in [0.1, 0.15) is 18.4 Å². The first-order valence-corrected chi connectivity index (χ1v) is 14.1. The summed E-state index contributed by atoms with van der Waals surface area (Å²) in [7, 11) is 0. The first-order chi connectivity index (χ1) is 18.7. The molecule has 0 bridgehead atoms. The lowest BCUT2D eigenvalue weighted by Gasteiger charge is -2.32. The van der Waals surface area contributed by atoms with E-state index < -0.39 is 12.0 Å². The molecule has 7 heteroatoms. The molecule has 2 aromatic carbocycles. The van der Waals surface area contributed by atoms with Crippen molar-refractivity contribution in [3.63, 3.8) is 0 Å². The molecule has 0 radical (unpaired) electrons. The number of hydrogen-bond acceptors (Lipinski definition) is 6. The molecule has 3 aromatic rings. The second-order valence-corrected chi connectivity index (χ2v) is 10.8. The molecule has 1 aliphatic rings. The van der Waals surface area contributed by atoms with E-state index in [1.54, 1.807) is 0 Å². The van der Waals surface area contributed by atoms with Gasteiger partial charge in [-0.2, -0.15) is 0 Å². The molecule has 1 aliphatic heterocycles. The third kappa shape index (κ3) is 6.65. The molecular formula is C32H42N4O3. The molecule has 0 saturated carbocycles. The largest absolute Gasteiger partial charge is 0.488 e. The fourth-order valence-corrected chi connectivity index (χ4v) is 5.23. The van der Waals surface area contributed by atoms with Gasteiger partial charge < -0.3 is 15.2 Å². The van der Waals surface area contributed by atoms with Crippen LogP contribution in [0.3, 0.4) is 0 Å². The first kappa shape index (κ1) is 28.7. The SMILES string of the molecule is CCc1cccc(CC)c1-c1nc(C)c(COc2cc(C(C)C)ccc2C)c(CN2CCNC(C(=O)O)C2)n1. The van der Waals surface area contributed by atoms with Crippen molar-refractivity contribution in [1.82, 2.24) is 20.2 Å². The van der Waals surface area contributed by atoms with E-state index in [4.69, 9.17) is 14.7 Å². The number of aromatic nitrogens is 2. The van der Waals surface area contributed by atoms with Crippen molar-refractivity contribution in [2.24, 2.45) is 0 Å². The number of ether oxygens (including phenoxy) is 1. The van der Waals surface area contributed by atoms with Gasteiger partial charge in [0, 0.05) is 43.0 Å². The molecule has 1 fully saturated rings. The van der Waals surface area contributed by atoms with Crippen LogP contribution in [-0.2, 0) is 30.8 Å². The Hall–Kier alpha value is -3.29. The van der Waals surface area contributed by atoms with Crippen molar-refractivity contribution >= 4 is 5.97 Å². The number of carboxylic acid groups (broad SMARTS) is 1. The maximum Gasteiger partial charge on any atom is 0.322 e. The summed E-state index contributed by atoms with van der Waals surface area (Å²) >= 11 is 0. The fourth-order valence-electron chi connectivity index (χ4n) is 5.23. The Bertz CT molecular complexity index is 1300. The molecule has 7 nitrogen and oxygen atoms in total. The van der Waals surface area contributed by atoms with E-state index in [2.05, 4.69) is 81.2 Å². The minimum Gasteiger partial charge on any atom is -0.488 e. The molecule has 0 spiro atoms. The van der Waals surface area contributed by atoms with Crippen LogP contribution in [0.1, 0.15) is 72.8 Å². The van der Waals surface area contributed by atoms with E-state index >= 15 is 0 Å². The van der Waals surface area contributed by atoms with Gasteiger partial charge in [0.2, 0.25) is 0 Å². The molecule has 1 unspecified atom stereocenters. The van der Waals surface area contributed by atoms with Gasteiger partial charge in [-0.1, -0.05) is 58.0 Å². The number of hydrogen-bond donors (Lipinski definition) is 2. The van der Waals surface area contributed by atoms with Crippen LogP contribution in [0.4, 0.5) is 0 Å². The van der Waals surface area contributed by atoms with Crippen molar-refractivity contribution in [2.45, 2.75) is 79.5 Å². The number of nitrogens with one attached hydrogen (secondary N) is 1. The molecule has 0 aliphatic carbocycles. The number of aryl methyl sites for hydroxylation is 4. The van der Waals surface area contributed by atoms with Crippen LogP contribution in [0.2, 0.25) is 0 Å². The molecule has 39 heavy (non-hydrogen) atoms. The first-order valence-electron chi connectivity index (χ1n) is 14.1. The third-order valence-electron chi connectivity index (χ3n) is 7.70. The van der Waals surface area contributed by atoms with Crippen LogP contribution in [0.25, 0.3) is 11.4 Å². The van der Waals surface area contributed by atoms with Crippen molar-refractivity contribution in [3.8, 4) is 17.1 Å². The van der Waals surface area contributed by atoms with Crippen LogP contribution in [0.5, 0.6) is 5.75 Å². The topological polar surface area (TPSA) is 87.6 Å². The highest BCUT2D eigenvalue weighted by atomic mass is 16.5. The van der Waals surface area contributed by atoms with E-state index in [1.807, 2.05) is 6.92 Å². The maximum atomic E-state index is 11.7. The summed E-state index contributed by atoms with van der Waals surface area (Å²) < 4.78 is 6.41. The summed E-state index contributed by atoms with van der Waals surface area (Å²) in [6, 6.07) is 12.2. The van der Waals surface area contributed by atoms with Gasteiger partial charge in [0.05, 0.1) is 5.69 Å². The van der Waals surface area contributed by atoms with Crippen LogP contribution in [0.15, 0.2) is 36.4 Å². The van der Waals surface area contributed by atoms with Crippen LogP contribution < -0.4 is 10.1 Å². The second-order valence-electron chi connectivity index (χ2n) is 10.8. The molecule has 2 N–H and O–H groups in total. The number of piperazine rings is 1. The summed E-state index contributed by atoms with van der Waals surface area (Å²) in [6.07, 6.45) is 1.80. The van der Waals surface area contributed by atoms with Crippen LogP contribution in [0, 0.1) is 13.8 Å². The zero-order chi connectivity index (χ0) is 28.1. The number of carbonyl (C=O) groups is 1. The Kier molecular flexibility index (Phi) is 9.36. The average molecular weight is 531 g/mol. The smallest absolute Gasteiger partial charge is 0.322 e. The quantitative estimate of drug-likeness (QED) is 0.361. The van der Waals surface area contributed by atoms with Crippen molar-refractivity contribution in [2.75, 3.05) is 19.6 Å². The molecule has 0 amide bonds. The summed E-state index contributed by atoms with van der Waals surface area (Å²) in [5, 5.41) is 12.7. The molecule has 1 atom stereocenters. The molecule has 4 rings (SSSR count). The fraction of sp³-hybridized carbons (Fsp3) is 0.469. The number of aliphatic carboxylic acids is 1. The number of rotatable bonds is 10. The highest BCUT2D eigenvalue weighted by Crippen LogP contribution is 2.30. The van der Waals surface area contributed by atoms with Crippen molar-refractivity contribution < 1.29 is 14.6 Å². The van der Waals surface area contributed by atoms with Gasteiger partial charge in [-0.05, 0) is 60.9 Å². The number of carboxylic acids is 1. The zero-order valence-electron chi connectivity index (χ0n) is 24.2. The van der Waals surface area contributed by atoms with Gasteiger partial charge in [0.25, 0.3) is 0 Å². The molecule has 1 aromatic heterocycles. The minimum absolute atomic E-state index is 0.355. The standard InChI is InChI=1S/C32H42N4O3/c1-7-23-10-9-11-24(8-2)30(23)31-34-22(6)26(19-39-29-16-25(20(3)4)13-12-21(29)5)27(35-31)17-36-15-14-33-28(18-36)32(37)38/h9-13,16,20,28,33H,7-8,14-15,17-19H2,1-6H3,(H,37,38). The average Bonchev–Trinajstić information content (AvgIpc) is 2.92. The van der Waals surface area contributed by atoms with Crippen molar-refractivity contribution in [3.05, 3.63) is 75.6 Å². The van der Waals surface area contributed by atoms with Gasteiger partial charge in [-0.25, -0.2) is 9.97 Å². The zero-order valence-corrected chi connectivity index (χ0v) is 24.2. The third-order valence-corrected chi connectivity index (χ3v) is 7.70. The van der Waals surface area contributed by atoms with E-state index in [0.717, 1.165) is 59.0 Å². The minimum atomic E-state index is -0.826. The molecule has 2 heterocycles. The highest BCUT2D eigenvalue weighted by Gasteiger charge is 2.27. The van der Waals surface area contributed by atoms with Crippen molar-refractivity contribution in [1.29, 1.82) is 0 Å². The molecule has 1 saturated heterocycles. The second kappa shape index (κ2) is 12.7. The number of nitrogens with zero attached hydrogens (tertiary/aromatic N) is 3. The number of benzene rings is 2. The Balaban J connectivity index is 1.74. The molecular weight excluding hydrogens is 488 g/mol. The monoisotopic (exact) mass is 530 g/mol. The summed E-state index contributed by atoms with van der Waals surface area (Å²) in [6.45, 7) is 15.5. The Morgan fingerprint density at radius 1 is 1.13 bits per heavy atom. The predicted molar refractivity (Wildman–Crippen MR) is 155 cm³/mol.